The van der Waals surface area contributed by atoms with Crippen LogP contribution in [0, 0.1) is 24.2 Å². The van der Waals surface area contributed by atoms with E-state index < -0.39 is 0 Å². The van der Waals surface area contributed by atoms with Crippen LogP contribution >= 0.6 is 22.7 Å². The molecule has 0 saturated heterocycles. The number of terminal acetylenes is 1. The van der Waals surface area contributed by atoms with Gasteiger partial charge in [-0.25, -0.2) is 4.39 Å². The molecule has 0 radical (unpaired) electrons. The van der Waals surface area contributed by atoms with Gasteiger partial charge in [0.25, 0.3) is 0 Å². The minimum Gasteiger partial charge on any atom is -0.206 e. The average Bonchev–Trinajstić information content (AvgIpc) is 2.92. The molecule has 0 fully saturated rings. The zero-order chi connectivity index (χ0) is 13.1. The van der Waals surface area contributed by atoms with Crippen molar-refractivity contribution in [2.75, 3.05) is 0 Å². The molecule has 88 valence electrons. The second kappa shape index (κ2) is 5.23. The highest BCUT2D eigenvalue weighted by Crippen LogP contribution is 2.32. The first-order chi connectivity index (χ1) is 8.63. The van der Waals surface area contributed by atoms with Crippen LogP contribution in [0.3, 0.4) is 0 Å². The van der Waals surface area contributed by atoms with Crippen LogP contribution in [-0.4, -0.2) is 0 Å². The molecule has 0 saturated carbocycles. The summed E-state index contributed by atoms with van der Waals surface area (Å²) in [6.07, 6.45) is 6.50. The second-order valence-corrected chi connectivity index (χ2v) is 5.69. The molecule has 0 unspecified atom stereocenters. The predicted octanol–water partition coefficient (Wildman–Crippen LogP) is 4.73. The zero-order valence-corrected chi connectivity index (χ0v) is 11.3. The highest BCUT2D eigenvalue weighted by molar-refractivity contribution is 7.28. The monoisotopic (exact) mass is 272 g/mol. The van der Waals surface area contributed by atoms with Gasteiger partial charge in [-0.3, -0.25) is 0 Å². The van der Waals surface area contributed by atoms with E-state index in [4.69, 9.17) is 6.42 Å². The molecular weight excluding hydrogens is 263 g/mol. The van der Waals surface area contributed by atoms with Crippen LogP contribution in [0.2, 0.25) is 0 Å². The predicted molar refractivity (Wildman–Crippen MR) is 78.5 cm³/mol. The van der Waals surface area contributed by atoms with Crippen LogP contribution in [-0.2, 0) is 0 Å². The van der Waals surface area contributed by atoms with Crippen molar-refractivity contribution >= 4 is 32.1 Å². The number of hydrogen-bond acceptors (Lipinski definition) is 2. The molecule has 0 aliphatic heterocycles. The normalized spacial score (nSPS) is 11.4. The number of allylic oxidation sites excluding steroid dienone is 3. The maximum atomic E-state index is 13.1. The Hall–Kier alpha value is -1.81. The minimum atomic E-state index is -0.379. The first-order valence-electron chi connectivity index (χ1n) is 5.15. The minimum absolute atomic E-state index is 0.379. The highest BCUT2D eigenvalue weighted by Gasteiger charge is 2.04. The molecule has 0 aliphatic rings. The van der Waals surface area contributed by atoms with E-state index in [-0.39, 0.29) is 5.83 Å². The fourth-order valence-corrected chi connectivity index (χ4v) is 3.40. The van der Waals surface area contributed by atoms with Gasteiger partial charge >= 0.3 is 0 Å². The quantitative estimate of drug-likeness (QED) is 0.520. The Balaban J connectivity index is 2.34. The Labute approximate surface area is 113 Å². The fourth-order valence-electron chi connectivity index (χ4n) is 1.34. The molecule has 0 nitrogen and oxygen atoms in total. The summed E-state index contributed by atoms with van der Waals surface area (Å²) < 4.78 is 15.4. The average molecular weight is 272 g/mol. The summed E-state index contributed by atoms with van der Waals surface area (Å²) in [5.41, 5.74) is 0.395. The lowest BCUT2D eigenvalue weighted by molar-refractivity contribution is 0.660. The molecule has 0 bridgehead atoms. The summed E-state index contributed by atoms with van der Waals surface area (Å²) >= 11 is 3.13. The van der Waals surface area contributed by atoms with Gasteiger partial charge in [0.15, 0.2) is 0 Å². The molecule has 0 spiro atoms. The number of halogens is 1. The van der Waals surface area contributed by atoms with Gasteiger partial charge in [-0.1, -0.05) is 24.3 Å². The van der Waals surface area contributed by atoms with Crippen molar-refractivity contribution in [2.24, 2.45) is 0 Å². The van der Waals surface area contributed by atoms with E-state index in [2.05, 4.69) is 24.3 Å². The Kier molecular flexibility index (Phi) is 3.67. The Morgan fingerprint density at radius 1 is 1.33 bits per heavy atom. The van der Waals surface area contributed by atoms with E-state index in [1.807, 2.05) is 12.1 Å². The van der Waals surface area contributed by atoms with Gasteiger partial charge in [0, 0.05) is 15.0 Å². The molecule has 0 aromatic carbocycles. The Morgan fingerprint density at radius 2 is 1.94 bits per heavy atom. The Bertz CT molecular complexity index is 707. The van der Waals surface area contributed by atoms with E-state index in [9.17, 15) is 4.39 Å². The highest BCUT2D eigenvalue weighted by atomic mass is 32.1. The van der Waals surface area contributed by atoms with Crippen LogP contribution in [0.15, 0.2) is 36.2 Å². The summed E-state index contributed by atoms with van der Waals surface area (Å²) in [4.78, 5) is 1.83. The molecular formula is C15H9FS2. The van der Waals surface area contributed by atoms with Crippen LogP contribution in [0.5, 0.6) is 0 Å². The van der Waals surface area contributed by atoms with E-state index in [0.29, 0.717) is 5.57 Å². The van der Waals surface area contributed by atoms with Crippen molar-refractivity contribution in [3.8, 4) is 24.2 Å². The summed E-state index contributed by atoms with van der Waals surface area (Å²) in [7, 11) is 0. The molecule has 0 amide bonds. The van der Waals surface area contributed by atoms with E-state index in [1.165, 1.54) is 0 Å². The van der Waals surface area contributed by atoms with Crippen molar-refractivity contribution < 1.29 is 4.39 Å². The third kappa shape index (κ3) is 2.54. The van der Waals surface area contributed by atoms with Crippen molar-refractivity contribution in [1.82, 2.24) is 0 Å². The topological polar surface area (TPSA) is 0 Å². The smallest absolute Gasteiger partial charge is 0.133 e. The molecule has 18 heavy (non-hydrogen) atoms. The first-order valence-corrected chi connectivity index (χ1v) is 6.78. The Morgan fingerprint density at radius 3 is 2.56 bits per heavy atom. The van der Waals surface area contributed by atoms with Crippen LogP contribution in [0.4, 0.5) is 4.39 Å². The SMILES string of the molecule is C#Cc1cc2sc(C#C/C(C)=C(\F)C=C)cc2s1. The van der Waals surface area contributed by atoms with Gasteiger partial charge < -0.3 is 0 Å². The van der Waals surface area contributed by atoms with E-state index in [0.717, 1.165) is 25.2 Å². The lowest BCUT2D eigenvalue weighted by atomic mass is 10.2. The molecule has 0 aliphatic carbocycles. The van der Waals surface area contributed by atoms with Gasteiger partial charge in [0.2, 0.25) is 0 Å². The van der Waals surface area contributed by atoms with Gasteiger partial charge in [0.05, 0.1) is 9.75 Å². The van der Waals surface area contributed by atoms with Crippen molar-refractivity contribution in [2.45, 2.75) is 6.92 Å². The first kappa shape index (κ1) is 12.6. The molecule has 2 aromatic rings. The summed E-state index contributed by atoms with van der Waals surface area (Å²) in [5.74, 6) is 7.97. The summed E-state index contributed by atoms with van der Waals surface area (Å²) in [5, 5.41) is 0. The van der Waals surface area contributed by atoms with Gasteiger partial charge in [-0.05, 0) is 25.1 Å². The largest absolute Gasteiger partial charge is 0.206 e. The van der Waals surface area contributed by atoms with Crippen LogP contribution in [0.25, 0.3) is 9.40 Å². The van der Waals surface area contributed by atoms with Gasteiger partial charge in [0.1, 0.15) is 5.83 Å². The zero-order valence-electron chi connectivity index (χ0n) is 9.71. The van der Waals surface area contributed by atoms with Gasteiger partial charge in [-0.15, -0.1) is 29.1 Å². The number of hydrogen-bond donors (Lipinski definition) is 0. The van der Waals surface area contributed by atoms with Crippen molar-refractivity contribution in [3.63, 3.8) is 0 Å². The van der Waals surface area contributed by atoms with Crippen LogP contribution in [0.1, 0.15) is 16.7 Å². The molecule has 2 heterocycles. The van der Waals surface area contributed by atoms with Crippen LogP contribution < -0.4 is 0 Å². The maximum Gasteiger partial charge on any atom is 0.133 e. The van der Waals surface area contributed by atoms with Crippen molar-refractivity contribution in [1.29, 1.82) is 0 Å². The lowest BCUT2D eigenvalue weighted by Gasteiger charge is -1.87. The second-order valence-electron chi connectivity index (χ2n) is 3.52. The summed E-state index contributed by atoms with van der Waals surface area (Å²) in [6, 6.07) is 3.96. The summed E-state index contributed by atoms with van der Waals surface area (Å²) in [6.45, 7) is 5.00. The third-order valence-corrected chi connectivity index (χ3v) is 4.40. The standard InChI is InChI=1S/C15H9FS2/c1-4-11-8-14-15(17-11)9-12(18-14)7-6-10(3)13(16)5-2/h1,5,8-9H,2H2,3H3/b13-10-. The molecule has 0 atom stereocenters. The lowest BCUT2D eigenvalue weighted by Crippen LogP contribution is -1.73. The molecule has 2 rings (SSSR count). The maximum absolute atomic E-state index is 13.1. The number of fused-ring (bicyclic) bond motifs is 1. The van der Waals surface area contributed by atoms with Crippen molar-refractivity contribution in [3.05, 3.63) is 45.9 Å². The number of thiophene rings is 2. The molecule has 2 aromatic heterocycles. The van der Waals surface area contributed by atoms with E-state index in [1.54, 1.807) is 29.6 Å². The fraction of sp³-hybridized carbons (Fsp3) is 0.0667. The molecule has 0 N–H and O–H groups in total. The molecule has 3 heteroatoms. The van der Waals surface area contributed by atoms with E-state index >= 15 is 0 Å². The third-order valence-electron chi connectivity index (χ3n) is 2.26. The number of rotatable bonds is 1. The van der Waals surface area contributed by atoms with Gasteiger partial charge in [-0.2, -0.15) is 0 Å².